The van der Waals surface area contributed by atoms with Gasteiger partial charge in [-0.2, -0.15) is 0 Å². The summed E-state index contributed by atoms with van der Waals surface area (Å²) in [6.45, 7) is 4.49. The van der Waals surface area contributed by atoms with Gasteiger partial charge < -0.3 is 30.7 Å². The second kappa shape index (κ2) is 8.94. The van der Waals surface area contributed by atoms with Gasteiger partial charge in [-0.05, 0) is 62.8 Å². The molecule has 8 nitrogen and oxygen atoms in total. The van der Waals surface area contributed by atoms with Crippen LogP contribution in [0, 0.1) is 13.8 Å². The minimum absolute atomic E-state index is 0.0210. The van der Waals surface area contributed by atoms with E-state index < -0.39 is 5.54 Å². The van der Waals surface area contributed by atoms with Crippen molar-refractivity contribution in [3.8, 4) is 11.5 Å². The molecule has 33 heavy (non-hydrogen) atoms. The zero-order chi connectivity index (χ0) is 23.8. The summed E-state index contributed by atoms with van der Waals surface area (Å²) in [5.41, 5.74) is 10.1. The number of benzene rings is 2. The van der Waals surface area contributed by atoms with Gasteiger partial charge in [-0.1, -0.05) is 12.1 Å². The summed E-state index contributed by atoms with van der Waals surface area (Å²) < 4.78 is 10.8. The van der Waals surface area contributed by atoms with E-state index in [1.807, 2.05) is 43.0 Å². The molecule has 4 rings (SSSR count). The standard InChI is InChI=1S/C25H32N4O4/c1-15-6-8-20(32-3)22-19(15)14-29(24(31)28-22)18-9-11-25(26,12-10-18)23(30)27-17-7-5-16(2)21(13-17)33-4/h5-8,13,18H,9-12,14,26H2,1-4H3,(H,27,30)(H,28,31). The predicted octanol–water partition coefficient (Wildman–Crippen LogP) is 3.95. The highest BCUT2D eigenvalue weighted by molar-refractivity contribution is 5.98. The first kappa shape index (κ1) is 22.9. The molecule has 1 heterocycles. The van der Waals surface area contributed by atoms with Crippen molar-refractivity contribution in [2.75, 3.05) is 24.9 Å². The number of fused-ring (bicyclic) bond motifs is 1. The largest absolute Gasteiger partial charge is 0.496 e. The molecule has 4 N–H and O–H groups in total. The summed E-state index contributed by atoms with van der Waals surface area (Å²) in [6.07, 6.45) is 2.32. The van der Waals surface area contributed by atoms with Crippen molar-refractivity contribution in [1.82, 2.24) is 4.90 Å². The number of nitrogens with two attached hydrogens (primary N) is 1. The Hall–Kier alpha value is -3.26. The normalized spacial score (nSPS) is 22.3. The first-order valence-corrected chi connectivity index (χ1v) is 11.2. The van der Waals surface area contributed by atoms with Crippen LogP contribution < -0.4 is 25.8 Å². The van der Waals surface area contributed by atoms with Crippen LogP contribution in [-0.4, -0.2) is 42.6 Å². The Balaban J connectivity index is 1.43. The van der Waals surface area contributed by atoms with Crippen LogP contribution >= 0.6 is 0 Å². The van der Waals surface area contributed by atoms with Crippen molar-refractivity contribution in [3.63, 3.8) is 0 Å². The minimum Gasteiger partial charge on any atom is -0.496 e. The van der Waals surface area contributed by atoms with Gasteiger partial charge in [-0.25, -0.2) is 4.79 Å². The van der Waals surface area contributed by atoms with Gasteiger partial charge in [0.1, 0.15) is 11.5 Å². The molecule has 0 radical (unpaired) electrons. The molecule has 2 aromatic carbocycles. The van der Waals surface area contributed by atoms with Gasteiger partial charge >= 0.3 is 6.03 Å². The van der Waals surface area contributed by atoms with Gasteiger partial charge in [0, 0.05) is 23.4 Å². The molecule has 0 atom stereocenters. The number of rotatable bonds is 5. The number of hydrogen-bond acceptors (Lipinski definition) is 5. The first-order chi connectivity index (χ1) is 15.8. The summed E-state index contributed by atoms with van der Waals surface area (Å²) >= 11 is 0. The Morgan fingerprint density at radius 1 is 1.09 bits per heavy atom. The maximum Gasteiger partial charge on any atom is 0.322 e. The van der Waals surface area contributed by atoms with Crippen molar-refractivity contribution in [1.29, 1.82) is 0 Å². The molecule has 0 saturated heterocycles. The molecule has 1 fully saturated rings. The average molecular weight is 453 g/mol. The molecule has 3 amide bonds. The van der Waals surface area contributed by atoms with Crippen molar-refractivity contribution < 1.29 is 19.1 Å². The zero-order valence-corrected chi connectivity index (χ0v) is 19.7. The van der Waals surface area contributed by atoms with E-state index in [9.17, 15) is 9.59 Å². The second-order valence-corrected chi connectivity index (χ2v) is 9.02. The van der Waals surface area contributed by atoms with E-state index in [0.29, 0.717) is 49.4 Å². The van der Waals surface area contributed by atoms with Gasteiger partial charge in [0.05, 0.1) is 32.0 Å². The smallest absolute Gasteiger partial charge is 0.322 e. The highest BCUT2D eigenvalue weighted by Crippen LogP contribution is 2.38. The number of nitrogens with zero attached hydrogens (tertiary/aromatic N) is 1. The molecule has 2 aromatic rings. The minimum atomic E-state index is -0.974. The SMILES string of the molecule is COc1cc(NC(=O)C2(N)CCC(N3Cc4c(C)ccc(OC)c4NC3=O)CC2)ccc1C. The molecular weight excluding hydrogens is 420 g/mol. The van der Waals surface area contributed by atoms with Crippen LogP contribution in [0.2, 0.25) is 0 Å². The molecule has 0 spiro atoms. The van der Waals surface area contributed by atoms with Gasteiger partial charge in [-0.3, -0.25) is 4.79 Å². The fraction of sp³-hybridized carbons (Fsp3) is 0.440. The van der Waals surface area contributed by atoms with E-state index in [-0.39, 0.29) is 18.0 Å². The molecule has 0 aromatic heterocycles. The van der Waals surface area contributed by atoms with E-state index in [4.69, 9.17) is 15.2 Å². The molecule has 0 bridgehead atoms. The molecule has 0 unspecified atom stereocenters. The molecule has 8 heteroatoms. The van der Waals surface area contributed by atoms with E-state index in [1.54, 1.807) is 20.3 Å². The molecule has 1 aliphatic heterocycles. The van der Waals surface area contributed by atoms with Crippen LogP contribution in [-0.2, 0) is 11.3 Å². The van der Waals surface area contributed by atoms with Crippen LogP contribution in [0.15, 0.2) is 30.3 Å². The molecule has 176 valence electrons. The van der Waals surface area contributed by atoms with Crippen LogP contribution in [0.5, 0.6) is 11.5 Å². The van der Waals surface area contributed by atoms with E-state index in [0.717, 1.165) is 22.4 Å². The Labute approximate surface area is 194 Å². The highest BCUT2D eigenvalue weighted by Gasteiger charge is 2.42. The topological polar surface area (TPSA) is 106 Å². The Kier molecular flexibility index (Phi) is 6.21. The number of nitrogens with one attached hydrogen (secondary N) is 2. The number of aryl methyl sites for hydroxylation is 2. The third-order valence-corrected chi connectivity index (χ3v) is 6.96. The molecule has 1 aliphatic carbocycles. The number of anilines is 2. The van der Waals surface area contributed by atoms with Crippen LogP contribution in [0.25, 0.3) is 0 Å². The first-order valence-electron chi connectivity index (χ1n) is 11.2. The van der Waals surface area contributed by atoms with Crippen molar-refractivity contribution in [2.45, 2.75) is 57.7 Å². The van der Waals surface area contributed by atoms with E-state index in [1.165, 1.54) is 0 Å². The number of ether oxygens (including phenoxy) is 2. The second-order valence-electron chi connectivity index (χ2n) is 9.02. The van der Waals surface area contributed by atoms with Crippen molar-refractivity contribution in [3.05, 3.63) is 47.0 Å². The Morgan fingerprint density at radius 3 is 2.42 bits per heavy atom. The van der Waals surface area contributed by atoms with Crippen molar-refractivity contribution >= 4 is 23.3 Å². The number of carbonyl (C=O) groups excluding carboxylic acids is 2. The number of hydrogen-bond donors (Lipinski definition) is 3. The summed E-state index contributed by atoms with van der Waals surface area (Å²) in [5.74, 6) is 1.17. The lowest BCUT2D eigenvalue weighted by molar-refractivity contribution is -0.122. The maximum atomic E-state index is 13.0. The van der Waals surface area contributed by atoms with Gasteiger partial charge in [-0.15, -0.1) is 0 Å². The predicted molar refractivity (Wildman–Crippen MR) is 128 cm³/mol. The molecule has 2 aliphatic rings. The zero-order valence-electron chi connectivity index (χ0n) is 19.7. The van der Waals surface area contributed by atoms with Crippen LogP contribution in [0.4, 0.5) is 16.2 Å². The van der Waals surface area contributed by atoms with E-state index >= 15 is 0 Å². The fourth-order valence-electron chi connectivity index (χ4n) is 4.77. The molecular formula is C25H32N4O4. The van der Waals surface area contributed by atoms with Crippen LogP contribution in [0.1, 0.15) is 42.4 Å². The number of urea groups is 1. The Morgan fingerprint density at radius 2 is 1.76 bits per heavy atom. The lowest BCUT2D eigenvalue weighted by atomic mass is 9.78. The maximum absolute atomic E-state index is 13.0. The van der Waals surface area contributed by atoms with Crippen molar-refractivity contribution in [2.24, 2.45) is 5.73 Å². The van der Waals surface area contributed by atoms with Gasteiger partial charge in [0.15, 0.2) is 0 Å². The quantitative estimate of drug-likeness (QED) is 0.637. The number of carbonyl (C=O) groups is 2. The summed E-state index contributed by atoms with van der Waals surface area (Å²) in [4.78, 5) is 27.8. The molecule has 1 saturated carbocycles. The Bertz CT molecular complexity index is 1080. The van der Waals surface area contributed by atoms with E-state index in [2.05, 4.69) is 10.6 Å². The highest BCUT2D eigenvalue weighted by atomic mass is 16.5. The third kappa shape index (κ3) is 4.35. The third-order valence-electron chi connectivity index (χ3n) is 6.96. The summed E-state index contributed by atoms with van der Waals surface area (Å²) in [7, 11) is 3.20. The lowest BCUT2D eigenvalue weighted by Crippen LogP contribution is -2.57. The lowest BCUT2D eigenvalue weighted by Gasteiger charge is -2.42. The number of methoxy groups -OCH3 is 2. The van der Waals surface area contributed by atoms with Gasteiger partial charge in [0.2, 0.25) is 5.91 Å². The number of amides is 3. The van der Waals surface area contributed by atoms with Crippen LogP contribution in [0.3, 0.4) is 0 Å². The average Bonchev–Trinajstić information content (AvgIpc) is 2.81. The summed E-state index contributed by atoms with van der Waals surface area (Å²) in [5, 5.41) is 5.94. The monoisotopic (exact) mass is 452 g/mol. The fourth-order valence-corrected chi connectivity index (χ4v) is 4.77. The van der Waals surface area contributed by atoms with Gasteiger partial charge in [0.25, 0.3) is 0 Å². The summed E-state index contributed by atoms with van der Waals surface area (Å²) in [6, 6.07) is 9.30.